The van der Waals surface area contributed by atoms with Crippen LogP contribution < -0.4 is 24.8 Å². The summed E-state index contributed by atoms with van der Waals surface area (Å²) in [6, 6.07) is 6.38. The molecule has 0 fully saturated rings. The minimum absolute atomic E-state index is 0.00734. The summed E-state index contributed by atoms with van der Waals surface area (Å²) in [4.78, 5) is 24.0. The maximum atomic E-state index is 12.5. The second-order valence-electron chi connectivity index (χ2n) is 6.29. The third-order valence-electron chi connectivity index (χ3n) is 4.21. The van der Waals surface area contributed by atoms with Crippen molar-refractivity contribution in [3.8, 4) is 11.5 Å². The zero-order valence-corrected chi connectivity index (χ0v) is 18.1. The lowest BCUT2D eigenvalue weighted by Crippen LogP contribution is -2.28. The van der Waals surface area contributed by atoms with Crippen LogP contribution in [0.3, 0.4) is 0 Å². The normalized spacial score (nSPS) is 11.1. The highest BCUT2D eigenvalue weighted by Gasteiger charge is 2.19. The Morgan fingerprint density at radius 2 is 1.87 bits per heavy atom. The van der Waals surface area contributed by atoms with Gasteiger partial charge in [0.2, 0.25) is 10.0 Å². The van der Waals surface area contributed by atoms with E-state index in [9.17, 15) is 18.0 Å². The van der Waals surface area contributed by atoms with Crippen molar-refractivity contribution in [3.05, 3.63) is 41.7 Å². The van der Waals surface area contributed by atoms with Gasteiger partial charge in [-0.15, -0.1) is 0 Å². The van der Waals surface area contributed by atoms with Crippen LogP contribution in [0.25, 0.3) is 0 Å². The fourth-order valence-electron chi connectivity index (χ4n) is 2.63. The molecule has 0 saturated heterocycles. The first kappa shape index (κ1) is 23.2. The lowest BCUT2D eigenvalue weighted by atomic mass is 10.2. The lowest BCUT2D eigenvalue weighted by Gasteiger charge is -2.12. The predicted octanol–water partition coefficient (Wildman–Crippen LogP) is 0.387. The Bertz CT molecular complexity index is 1020. The lowest BCUT2D eigenvalue weighted by molar-refractivity contribution is -0.123. The molecule has 0 atom stereocenters. The smallest absolute Gasteiger partial charge is 0.268 e. The Labute approximate surface area is 175 Å². The topological polar surface area (TPSA) is 128 Å². The minimum Gasteiger partial charge on any atom is -0.493 e. The molecule has 3 N–H and O–H groups in total. The second kappa shape index (κ2) is 10.1. The summed E-state index contributed by atoms with van der Waals surface area (Å²) in [6.45, 7) is 2.38. The number of hydrogen-bond acceptors (Lipinski definition) is 6. The van der Waals surface area contributed by atoms with Crippen LogP contribution in [0, 0.1) is 0 Å². The van der Waals surface area contributed by atoms with Crippen LogP contribution in [0.1, 0.15) is 23.0 Å². The van der Waals surface area contributed by atoms with Crippen LogP contribution in [0.5, 0.6) is 11.5 Å². The van der Waals surface area contributed by atoms with Gasteiger partial charge in [-0.25, -0.2) is 13.1 Å². The molecule has 164 valence electrons. The molecule has 2 rings (SSSR count). The van der Waals surface area contributed by atoms with E-state index in [0.717, 1.165) is 5.56 Å². The van der Waals surface area contributed by atoms with Gasteiger partial charge in [0.25, 0.3) is 11.8 Å². The molecule has 0 aliphatic carbocycles. The number of ether oxygens (including phenoxy) is 2. The molecule has 0 radical (unpaired) electrons. The SMILES string of the molecule is CCNC(=O)COc1ccc(CNC(=O)c2cc(S(=O)(=O)NC)cn2C)cc1OC. The number of rotatable bonds is 10. The van der Waals surface area contributed by atoms with Crippen LogP contribution in [0.4, 0.5) is 0 Å². The van der Waals surface area contributed by atoms with E-state index in [2.05, 4.69) is 15.4 Å². The van der Waals surface area contributed by atoms with E-state index >= 15 is 0 Å². The van der Waals surface area contributed by atoms with Gasteiger partial charge >= 0.3 is 0 Å². The zero-order valence-electron chi connectivity index (χ0n) is 17.3. The maximum Gasteiger partial charge on any atom is 0.268 e. The molecule has 1 heterocycles. The molecular weight excluding hydrogens is 412 g/mol. The number of methoxy groups -OCH3 is 1. The maximum absolute atomic E-state index is 12.5. The zero-order chi connectivity index (χ0) is 22.3. The first-order valence-electron chi connectivity index (χ1n) is 9.16. The summed E-state index contributed by atoms with van der Waals surface area (Å²) in [5, 5.41) is 5.38. The van der Waals surface area contributed by atoms with Crippen molar-refractivity contribution in [2.24, 2.45) is 7.05 Å². The van der Waals surface area contributed by atoms with Crippen molar-refractivity contribution in [1.29, 1.82) is 0 Å². The van der Waals surface area contributed by atoms with Crippen LogP contribution in [0.2, 0.25) is 0 Å². The van der Waals surface area contributed by atoms with Crippen molar-refractivity contribution >= 4 is 21.8 Å². The fraction of sp³-hybridized carbons (Fsp3) is 0.368. The van der Waals surface area contributed by atoms with E-state index < -0.39 is 15.9 Å². The number of carbonyl (C=O) groups excluding carboxylic acids is 2. The third-order valence-corrected chi connectivity index (χ3v) is 5.59. The number of nitrogens with one attached hydrogen (secondary N) is 3. The van der Waals surface area contributed by atoms with E-state index in [1.807, 2.05) is 6.92 Å². The van der Waals surface area contributed by atoms with Gasteiger partial charge in [-0.1, -0.05) is 6.07 Å². The van der Waals surface area contributed by atoms with Gasteiger partial charge in [-0.3, -0.25) is 9.59 Å². The number of hydrogen-bond donors (Lipinski definition) is 3. The monoisotopic (exact) mass is 438 g/mol. The highest BCUT2D eigenvalue weighted by Crippen LogP contribution is 2.28. The Kier molecular flexibility index (Phi) is 7.84. The van der Waals surface area contributed by atoms with Gasteiger partial charge in [0.1, 0.15) is 10.6 Å². The summed E-state index contributed by atoms with van der Waals surface area (Å²) in [5.41, 5.74) is 0.945. The van der Waals surface area contributed by atoms with Crippen molar-refractivity contribution in [3.63, 3.8) is 0 Å². The summed E-state index contributed by atoms with van der Waals surface area (Å²) in [5.74, 6) is 0.166. The van der Waals surface area contributed by atoms with Crippen LogP contribution in [0.15, 0.2) is 35.4 Å². The number of likely N-dealkylation sites (N-methyl/N-ethyl adjacent to an activating group) is 1. The Morgan fingerprint density at radius 3 is 2.50 bits per heavy atom. The molecule has 30 heavy (non-hydrogen) atoms. The summed E-state index contributed by atoms with van der Waals surface area (Å²) < 4.78 is 38.2. The van der Waals surface area contributed by atoms with E-state index in [4.69, 9.17) is 9.47 Å². The van der Waals surface area contributed by atoms with E-state index in [0.29, 0.717) is 18.0 Å². The molecule has 0 aliphatic rings. The quantitative estimate of drug-likeness (QED) is 0.492. The molecule has 0 unspecified atom stereocenters. The molecule has 0 bridgehead atoms. The van der Waals surface area contributed by atoms with Crippen molar-refractivity contribution < 1.29 is 27.5 Å². The molecule has 0 spiro atoms. The minimum atomic E-state index is -3.64. The number of aryl methyl sites for hydroxylation is 1. The first-order valence-corrected chi connectivity index (χ1v) is 10.6. The molecule has 11 heteroatoms. The van der Waals surface area contributed by atoms with Gasteiger partial charge in [-0.2, -0.15) is 0 Å². The van der Waals surface area contributed by atoms with E-state index in [-0.39, 0.29) is 29.6 Å². The Balaban J connectivity index is 2.05. The molecule has 0 saturated carbocycles. The summed E-state index contributed by atoms with van der Waals surface area (Å²) in [7, 11) is 0.732. The average Bonchev–Trinajstić information content (AvgIpc) is 3.13. The molecule has 0 aliphatic heterocycles. The van der Waals surface area contributed by atoms with E-state index in [1.165, 1.54) is 31.0 Å². The van der Waals surface area contributed by atoms with Crippen molar-refractivity contribution in [1.82, 2.24) is 19.9 Å². The molecule has 1 aromatic heterocycles. The Morgan fingerprint density at radius 1 is 1.13 bits per heavy atom. The van der Waals surface area contributed by atoms with Gasteiger partial charge < -0.3 is 24.7 Å². The number of carbonyl (C=O) groups is 2. The molecule has 2 aromatic rings. The van der Waals surface area contributed by atoms with Crippen LogP contribution in [-0.2, 0) is 28.4 Å². The van der Waals surface area contributed by atoms with E-state index in [1.54, 1.807) is 25.2 Å². The average molecular weight is 439 g/mol. The highest BCUT2D eigenvalue weighted by atomic mass is 32.2. The van der Waals surface area contributed by atoms with Crippen molar-refractivity contribution in [2.75, 3.05) is 27.3 Å². The van der Waals surface area contributed by atoms with Gasteiger partial charge in [0.15, 0.2) is 18.1 Å². The Hall–Kier alpha value is -3.05. The highest BCUT2D eigenvalue weighted by molar-refractivity contribution is 7.89. The summed E-state index contributed by atoms with van der Waals surface area (Å²) in [6.07, 6.45) is 1.37. The standard InChI is InChI=1S/C19H26N4O6S/c1-5-21-18(24)12-29-16-7-6-13(8-17(16)28-4)10-22-19(25)15-9-14(11-23(15)3)30(26,27)20-2/h6-9,11,20H,5,10,12H2,1-4H3,(H,21,24)(H,22,25). The molecule has 2 amide bonds. The largest absolute Gasteiger partial charge is 0.493 e. The molecule has 10 nitrogen and oxygen atoms in total. The van der Waals surface area contributed by atoms with Crippen LogP contribution >= 0.6 is 0 Å². The van der Waals surface area contributed by atoms with Gasteiger partial charge in [0.05, 0.1) is 7.11 Å². The van der Waals surface area contributed by atoms with Gasteiger partial charge in [0, 0.05) is 26.3 Å². The van der Waals surface area contributed by atoms with Crippen molar-refractivity contribution in [2.45, 2.75) is 18.4 Å². The predicted molar refractivity (Wildman–Crippen MR) is 110 cm³/mol. The van der Waals surface area contributed by atoms with Crippen LogP contribution in [-0.4, -0.2) is 52.1 Å². The molecule has 1 aromatic carbocycles. The number of aromatic nitrogens is 1. The second-order valence-corrected chi connectivity index (χ2v) is 8.18. The fourth-order valence-corrected chi connectivity index (χ4v) is 3.43. The first-order chi connectivity index (χ1) is 14.2. The third kappa shape index (κ3) is 5.74. The molecular formula is C19H26N4O6S. The van der Waals surface area contributed by atoms with Gasteiger partial charge in [-0.05, 0) is 37.7 Å². The number of benzene rings is 1. The summed E-state index contributed by atoms with van der Waals surface area (Å²) >= 11 is 0. The number of amides is 2. The number of sulfonamides is 1. The number of nitrogens with zero attached hydrogens (tertiary/aromatic N) is 1.